The average molecular weight is 585 g/mol. The molecule has 1 aliphatic heterocycles. The topological polar surface area (TPSA) is 129 Å². The summed E-state index contributed by atoms with van der Waals surface area (Å²) in [5.74, 6) is 1.36. The van der Waals surface area contributed by atoms with Crippen LogP contribution in [0.4, 0.5) is 17.3 Å². The van der Waals surface area contributed by atoms with E-state index in [1.807, 2.05) is 58.3 Å². The predicted octanol–water partition coefficient (Wildman–Crippen LogP) is 3.71. The summed E-state index contributed by atoms with van der Waals surface area (Å²) < 4.78 is 29.2. The van der Waals surface area contributed by atoms with Crippen LogP contribution in [0, 0.1) is 13.8 Å². The van der Waals surface area contributed by atoms with Crippen molar-refractivity contribution in [2.24, 2.45) is 5.73 Å². The van der Waals surface area contributed by atoms with Crippen molar-refractivity contribution in [3.8, 4) is 0 Å². The second-order valence-electron chi connectivity index (χ2n) is 11.9. The third kappa shape index (κ3) is 6.43. The fourth-order valence-electron chi connectivity index (χ4n) is 5.41. The molecule has 0 saturated carbocycles. The van der Waals surface area contributed by atoms with Crippen LogP contribution in [0.1, 0.15) is 73.3 Å². The molecule has 1 aliphatic rings. The van der Waals surface area contributed by atoms with Crippen molar-refractivity contribution in [2.75, 3.05) is 54.5 Å². The number of aryl methyl sites for hydroxylation is 1. The number of fused-ring (bicyclic) bond motifs is 2. The third-order valence-electron chi connectivity index (χ3n) is 7.57. The summed E-state index contributed by atoms with van der Waals surface area (Å²) in [6.07, 6.45) is 3.14. The van der Waals surface area contributed by atoms with Crippen LogP contribution in [-0.4, -0.2) is 79.3 Å². The lowest BCUT2D eigenvalue weighted by Gasteiger charge is -2.29. The van der Waals surface area contributed by atoms with Gasteiger partial charge in [-0.1, -0.05) is 18.6 Å². The van der Waals surface area contributed by atoms with Crippen LogP contribution >= 0.6 is 0 Å². The maximum absolute atomic E-state index is 14.1. The van der Waals surface area contributed by atoms with Crippen LogP contribution in [0.25, 0.3) is 5.65 Å². The number of nitrogens with zero attached hydrogens (tertiary/aromatic N) is 6. The van der Waals surface area contributed by atoms with Crippen molar-refractivity contribution in [3.05, 3.63) is 46.6 Å². The second kappa shape index (κ2) is 11.5. The van der Waals surface area contributed by atoms with E-state index < -0.39 is 15.6 Å². The summed E-state index contributed by atoms with van der Waals surface area (Å²) in [6.45, 7) is 11.3. The first-order valence-corrected chi connectivity index (χ1v) is 16.0. The van der Waals surface area contributed by atoms with Gasteiger partial charge in [-0.05, 0) is 59.1 Å². The van der Waals surface area contributed by atoms with Gasteiger partial charge >= 0.3 is 0 Å². The largest absolute Gasteiger partial charge is 0.368 e. The molecule has 0 fully saturated rings. The highest BCUT2D eigenvalue weighted by Gasteiger charge is 2.30. The van der Waals surface area contributed by atoms with E-state index in [1.54, 1.807) is 24.1 Å². The molecule has 0 saturated heterocycles. The van der Waals surface area contributed by atoms with Gasteiger partial charge in [-0.2, -0.15) is 9.61 Å². The van der Waals surface area contributed by atoms with Gasteiger partial charge in [0.1, 0.15) is 11.6 Å². The molecule has 0 radical (unpaired) electrons. The normalized spacial score (nSPS) is 17.5. The molecule has 41 heavy (non-hydrogen) atoms. The minimum Gasteiger partial charge on any atom is -0.368 e. The van der Waals surface area contributed by atoms with Gasteiger partial charge in [0, 0.05) is 50.9 Å². The SMILES string of the molecule is CC[C@H]1c2cc3nc(NCC(C)(C)N)c(C)c(n3n2)N(C)CCCCN(S(C)(=O)=O)c2ccc(C)cc2C(=O)N1C. The van der Waals surface area contributed by atoms with Gasteiger partial charge in [-0.3, -0.25) is 9.10 Å². The number of amides is 1. The number of nitrogens with two attached hydrogens (primary N) is 1. The van der Waals surface area contributed by atoms with Crippen LogP contribution < -0.4 is 20.3 Å². The van der Waals surface area contributed by atoms with Gasteiger partial charge < -0.3 is 20.9 Å². The molecule has 2 bridgehead atoms. The van der Waals surface area contributed by atoms with Crippen molar-refractivity contribution >= 4 is 38.9 Å². The van der Waals surface area contributed by atoms with Gasteiger partial charge in [0.25, 0.3) is 5.91 Å². The third-order valence-corrected chi connectivity index (χ3v) is 8.75. The van der Waals surface area contributed by atoms with E-state index in [2.05, 4.69) is 10.2 Å². The zero-order valence-electron chi connectivity index (χ0n) is 25.5. The molecular weight excluding hydrogens is 540 g/mol. The molecule has 1 amide bonds. The molecule has 0 unspecified atom stereocenters. The number of benzene rings is 1. The molecule has 3 aromatic rings. The molecule has 4 rings (SSSR count). The van der Waals surface area contributed by atoms with Crippen molar-refractivity contribution in [3.63, 3.8) is 0 Å². The summed E-state index contributed by atoms with van der Waals surface area (Å²) in [5.41, 5.74) is 9.78. The van der Waals surface area contributed by atoms with Gasteiger partial charge in [-0.25, -0.2) is 13.4 Å². The maximum Gasteiger partial charge on any atom is 0.256 e. The summed E-state index contributed by atoms with van der Waals surface area (Å²) in [4.78, 5) is 22.8. The molecule has 12 heteroatoms. The summed E-state index contributed by atoms with van der Waals surface area (Å²) in [7, 11) is 0.128. The van der Waals surface area contributed by atoms with E-state index in [-0.39, 0.29) is 18.5 Å². The molecular formula is C29H44N8O3S. The second-order valence-corrected chi connectivity index (χ2v) is 13.8. The van der Waals surface area contributed by atoms with Crippen LogP contribution in [0.3, 0.4) is 0 Å². The molecule has 3 heterocycles. The number of carbonyl (C=O) groups is 1. The Morgan fingerprint density at radius 2 is 1.80 bits per heavy atom. The summed E-state index contributed by atoms with van der Waals surface area (Å²) >= 11 is 0. The number of hydrogen-bond acceptors (Lipinski definition) is 8. The van der Waals surface area contributed by atoms with Gasteiger partial charge in [0.2, 0.25) is 10.0 Å². The standard InChI is InChI=1S/C29H44N8O3S/c1-9-23-22-17-25-32-26(31-18-29(4,5)30)20(3)27(37(25)33-22)34(6)14-10-11-15-36(41(8,39)40)24-13-12-19(2)16-21(24)28(38)35(23)7/h12-13,16-17,23H,9-11,14-15,18,30H2,1-8H3,(H,31,32)/t23-/m0/s1. The Bertz CT molecular complexity index is 1540. The minimum atomic E-state index is -3.63. The van der Waals surface area contributed by atoms with Crippen LogP contribution in [-0.2, 0) is 10.0 Å². The van der Waals surface area contributed by atoms with Gasteiger partial charge in [-0.15, -0.1) is 0 Å². The van der Waals surface area contributed by atoms with Crippen LogP contribution in [0.15, 0.2) is 24.3 Å². The summed E-state index contributed by atoms with van der Waals surface area (Å²) in [5, 5.41) is 8.41. The van der Waals surface area contributed by atoms with E-state index in [4.69, 9.17) is 15.8 Å². The Hall–Kier alpha value is -3.38. The first-order chi connectivity index (χ1) is 19.1. The molecule has 1 atom stereocenters. The fourth-order valence-corrected chi connectivity index (χ4v) is 6.39. The Kier molecular flexibility index (Phi) is 8.56. The Morgan fingerprint density at radius 1 is 1.12 bits per heavy atom. The zero-order valence-corrected chi connectivity index (χ0v) is 26.3. The highest BCUT2D eigenvalue weighted by Crippen LogP contribution is 2.33. The molecule has 11 nitrogen and oxygen atoms in total. The zero-order chi connectivity index (χ0) is 30.3. The molecule has 224 valence electrons. The predicted molar refractivity (Wildman–Crippen MR) is 165 cm³/mol. The Labute approximate surface area is 243 Å². The smallest absolute Gasteiger partial charge is 0.256 e. The van der Waals surface area contributed by atoms with Crippen molar-refractivity contribution in [1.82, 2.24) is 19.5 Å². The van der Waals surface area contributed by atoms with E-state index in [9.17, 15) is 13.2 Å². The monoisotopic (exact) mass is 584 g/mol. The number of sulfonamides is 1. The molecule has 0 aliphatic carbocycles. The van der Waals surface area contributed by atoms with E-state index in [0.29, 0.717) is 48.5 Å². The number of nitrogens with one attached hydrogen (secondary N) is 1. The number of hydrogen-bond donors (Lipinski definition) is 2. The fraction of sp³-hybridized carbons (Fsp3) is 0.552. The van der Waals surface area contributed by atoms with E-state index in [1.165, 1.54) is 10.6 Å². The average Bonchev–Trinajstić information content (AvgIpc) is 3.28. The number of rotatable bonds is 5. The molecule has 3 N–H and O–H groups in total. The summed E-state index contributed by atoms with van der Waals surface area (Å²) in [6, 6.07) is 6.93. The first kappa shape index (κ1) is 30.6. The van der Waals surface area contributed by atoms with Crippen molar-refractivity contribution < 1.29 is 13.2 Å². The van der Waals surface area contributed by atoms with Crippen molar-refractivity contribution in [1.29, 1.82) is 0 Å². The van der Waals surface area contributed by atoms with Crippen LogP contribution in [0.2, 0.25) is 0 Å². The van der Waals surface area contributed by atoms with E-state index >= 15 is 0 Å². The highest BCUT2D eigenvalue weighted by molar-refractivity contribution is 7.92. The highest BCUT2D eigenvalue weighted by atomic mass is 32.2. The number of aromatic nitrogens is 3. The van der Waals surface area contributed by atoms with Crippen LogP contribution in [0.5, 0.6) is 0 Å². The lowest BCUT2D eigenvalue weighted by Crippen LogP contribution is -2.40. The lowest BCUT2D eigenvalue weighted by atomic mass is 10.0. The Balaban J connectivity index is 1.90. The molecule has 2 aromatic heterocycles. The molecule has 1 aromatic carbocycles. The number of carbonyl (C=O) groups excluding carboxylic acids is 1. The molecule has 0 spiro atoms. The van der Waals surface area contributed by atoms with Crippen molar-refractivity contribution in [2.45, 2.75) is 65.5 Å². The van der Waals surface area contributed by atoms with Gasteiger partial charge in [0.05, 0.1) is 29.2 Å². The Morgan fingerprint density at radius 3 is 2.44 bits per heavy atom. The minimum absolute atomic E-state index is 0.259. The van der Waals surface area contributed by atoms with Gasteiger partial charge in [0.15, 0.2) is 5.65 Å². The maximum atomic E-state index is 14.1. The quantitative estimate of drug-likeness (QED) is 0.464. The number of anilines is 3. The van der Waals surface area contributed by atoms with E-state index in [0.717, 1.165) is 29.2 Å². The lowest BCUT2D eigenvalue weighted by molar-refractivity contribution is 0.0723. The first-order valence-electron chi connectivity index (χ1n) is 14.1.